The van der Waals surface area contributed by atoms with E-state index in [9.17, 15) is 14.7 Å². The fraction of sp³-hybridized carbons (Fsp3) is 0.667. The summed E-state index contributed by atoms with van der Waals surface area (Å²) in [5.74, 6) is -0.680. The molecule has 1 atom stereocenters. The van der Waals surface area contributed by atoms with Crippen molar-refractivity contribution in [1.82, 2.24) is 0 Å². The Morgan fingerprint density at radius 3 is 2.10 bits per heavy atom. The molecule has 0 saturated carbocycles. The molecule has 1 unspecified atom stereocenters. The largest absolute Gasteiger partial charge is 1.00 e. The molecule has 0 N–H and O–H groups in total. The van der Waals surface area contributed by atoms with Crippen molar-refractivity contribution < 1.29 is 49.0 Å². The van der Waals surface area contributed by atoms with E-state index in [-0.39, 0.29) is 35.3 Å². The predicted molar refractivity (Wildman–Crippen MR) is 112 cm³/mol. The van der Waals surface area contributed by atoms with Crippen LogP contribution in [0.25, 0.3) is 0 Å². The molecule has 0 heterocycles. The van der Waals surface area contributed by atoms with Gasteiger partial charge in [-0.05, 0) is 31.4 Å². The molecular weight excluding hydrogens is 375 g/mol. The number of carbonyl (C=O) groups is 2. The van der Waals surface area contributed by atoms with Crippen molar-refractivity contribution in [2.24, 2.45) is 0 Å². The molecule has 5 heteroatoms. The van der Waals surface area contributed by atoms with E-state index in [2.05, 4.69) is 13.8 Å². The molecular formula is C24H37NaO4. The number of ether oxygens (including phenoxy) is 1. The molecule has 1 rings (SSSR count). The topological polar surface area (TPSA) is 66.4 Å². The fourth-order valence-corrected chi connectivity index (χ4v) is 3.28. The minimum atomic E-state index is -1.19. The van der Waals surface area contributed by atoms with Gasteiger partial charge in [0, 0.05) is 12.0 Å². The molecule has 0 aromatic heterocycles. The molecule has 0 amide bonds. The van der Waals surface area contributed by atoms with Gasteiger partial charge in [0.15, 0.2) is 5.78 Å². The Morgan fingerprint density at radius 1 is 0.897 bits per heavy atom. The van der Waals surface area contributed by atoms with E-state index in [1.54, 1.807) is 24.3 Å². The number of ketones is 1. The Kier molecular flexibility index (Phi) is 17.5. The number of unbranched alkanes of at least 4 members (excludes halogenated alkanes) is 9. The van der Waals surface area contributed by atoms with Crippen molar-refractivity contribution in [3.63, 3.8) is 0 Å². The number of hydrogen-bond acceptors (Lipinski definition) is 4. The van der Waals surface area contributed by atoms with Gasteiger partial charge in [-0.2, -0.15) is 0 Å². The van der Waals surface area contributed by atoms with E-state index < -0.39 is 12.1 Å². The third-order valence-corrected chi connectivity index (χ3v) is 5.02. The maximum Gasteiger partial charge on any atom is 1.00 e. The zero-order valence-electron chi connectivity index (χ0n) is 18.7. The summed E-state index contributed by atoms with van der Waals surface area (Å²) in [5.41, 5.74) is 0.588. The summed E-state index contributed by atoms with van der Waals surface area (Å²) in [5, 5.41) is 11.4. The SMILES string of the molecule is CCCCCCCCC(Oc1cccc(C(=O)CCCCCCC)c1)C(=O)[O-].[Na+]. The van der Waals surface area contributed by atoms with Gasteiger partial charge < -0.3 is 14.6 Å². The summed E-state index contributed by atoms with van der Waals surface area (Å²) >= 11 is 0. The molecule has 0 bridgehead atoms. The summed E-state index contributed by atoms with van der Waals surface area (Å²) in [4.78, 5) is 23.8. The van der Waals surface area contributed by atoms with Crippen molar-refractivity contribution in [3.05, 3.63) is 29.8 Å². The van der Waals surface area contributed by atoms with E-state index in [1.807, 2.05) is 0 Å². The van der Waals surface area contributed by atoms with Crippen LogP contribution in [0.1, 0.15) is 108 Å². The van der Waals surface area contributed by atoms with Crippen LogP contribution in [0.2, 0.25) is 0 Å². The first kappa shape index (κ1) is 28.2. The minimum Gasteiger partial charge on any atom is -0.546 e. The Labute approximate surface area is 199 Å². The van der Waals surface area contributed by atoms with Gasteiger partial charge >= 0.3 is 29.6 Å². The molecule has 4 nitrogen and oxygen atoms in total. The van der Waals surface area contributed by atoms with Crippen molar-refractivity contribution in [2.45, 2.75) is 103 Å². The van der Waals surface area contributed by atoms with Crippen LogP contribution >= 0.6 is 0 Å². The quantitative estimate of drug-likeness (QED) is 0.224. The molecule has 29 heavy (non-hydrogen) atoms. The molecule has 1 aromatic carbocycles. The number of rotatable bonds is 17. The van der Waals surface area contributed by atoms with Crippen LogP contribution in [0, 0.1) is 0 Å². The normalized spacial score (nSPS) is 11.5. The number of carboxylic acids is 1. The minimum absolute atomic E-state index is 0. The van der Waals surface area contributed by atoms with Gasteiger partial charge in [0.1, 0.15) is 11.9 Å². The monoisotopic (exact) mass is 412 g/mol. The van der Waals surface area contributed by atoms with Crippen LogP contribution in [0.15, 0.2) is 24.3 Å². The zero-order chi connectivity index (χ0) is 20.6. The van der Waals surface area contributed by atoms with Gasteiger partial charge in [-0.25, -0.2) is 0 Å². The van der Waals surface area contributed by atoms with Gasteiger partial charge in [0.2, 0.25) is 0 Å². The Bertz CT molecular complexity index is 574. The number of hydrogen-bond donors (Lipinski definition) is 0. The van der Waals surface area contributed by atoms with Crippen LogP contribution < -0.4 is 39.4 Å². The number of aliphatic carboxylic acids is 1. The van der Waals surface area contributed by atoms with Crippen LogP contribution in [0.3, 0.4) is 0 Å². The van der Waals surface area contributed by atoms with E-state index >= 15 is 0 Å². The van der Waals surface area contributed by atoms with Crippen LogP contribution in [0.4, 0.5) is 0 Å². The average Bonchev–Trinajstić information content (AvgIpc) is 2.69. The summed E-state index contributed by atoms with van der Waals surface area (Å²) in [6.07, 6.45) is 12.0. The summed E-state index contributed by atoms with van der Waals surface area (Å²) < 4.78 is 5.64. The van der Waals surface area contributed by atoms with Gasteiger partial charge in [-0.1, -0.05) is 83.8 Å². The maximum absolute atomic E-state index is 12.4. The Hall–Kier alpha value is -0.840. The number of benzene rings is 1. The van der Waals surface area contributed by atoms with Crippen LogP contribution in [-0.2, 0) is 4.79 Å². The molecule has 0 aliphatic heterocycles. The predicted octanol–water partition coefficient (Wildman–Crippen LogP) is 2.48. The van der Waals surface area contributed by atoms with E-state index in [4.69, 9.17) is 4.74 Å². The summed E-state index contributed by atoms with van der Waals surface area (Å²) in [7, 11) is 0. The molecule has 0 fully saturated rings. The van der Waals surface area contributed by atoms with Crippen molar-refractivity contribution >= 4 is 11.8 Å². The Balaban J connectivity index is 0.00000784. The summed E-state index contributed by atoms with van der Waals surface area (Å²) in [6, 6.07) is 6.88. The van der Waals surface area contributed by atoms with Crippen LogP contribution in [-0.4, -0.2) is 17.9 Å². The molecule has 158 valence electrons. The van der Waals surface area contributed by atoms with Crippen molar-refractivity contribution in [2.75, 3.05) is 0 Å². The molecule has 0 spiro atoms. The van der Waals surface area contributed by atoms with Gasteiger partial charge in [-0.3, -0.25) is 4.79 Å². The first-order valence-electron chi connectivity index (χ1n) is 11.1. The Morgan fingerprint density at radius 2 is 1.48 bits per heavy atom. The molecule has 0 aliphatic carbocycles. The molecule has 0 saturated heterocycles. The smallest absolute Gasteiger partial charge is 0.546 e. The zero-order valence-corrected chi connectivity index (χ0v) is 20.7. The number of Topliss-reactive ketones (excluding diaryl/α,β-unsaturated/α-hetero) is 1. The van der Waals surface area contributed by atoms with Crippen molar-refractivity contribution in [3.8, 4) is 5.75 Å². The molecule has 0 aliphatic rings. The van der Waals surface area contributed by atoms with Gasteiger partial charge in [0.25, 0.3) is 0 Å². The second-order valence-corrected chi connectivity index (χ2v) is 7.60. The molecule has 0 radical (unpaired) electrons. The van der Waals surface area contributed by atoms with Crippen molar-refractivity contribution in [1.29, 1.82) is 0 Å². The first-order valence-corrected chi connectivity index (χ1v) is 11.1. The fourth-order valence-electron chi connectivity index (χ4n) is 3.28. The molecule has 1 aromatic rings. The van der Waals surface area contributed by atoms with E-state index in [1.165, 1.54) is 38.5 Å². The second-order valence-electron chi connectivity index (χ2n) is 7.60. The maximum atomic E-state index is 12.4. The number of carbonyl (C=O) groups excluding carboxylic acids is 2. The summed E-state index contributed by atoms with van der Waals surface area (Å²) in [6.45, 7) is 4.34. The van der Waals surface area contributed by atoms with E-state index in [0.717, 1.165) is 32.1 Å². The third kappa shape index (κ3) is 13.1. The van der Waals surface area contributed by atoms with Gasteiger partial charge in [0.05, 0.1) is 5.97 Å². The second kappa shape index (κ2) is 18.0. The van der Waals surface area contributed by atoms with Gasteiger partial charge in [-0.15, -0.1) is 0 Å². The average molecular weight is 413 g/mol. The first-order chi connectivity index (χ1) is 13.6. The van der Waals surface area contributed by atoms with Crippen LogP contribution in [0.5, 0.6) is 5.75 Å². The number of carboxylic acid groups (broad SMARTS) is 1. The standard InChI is InChI=1S/C24H38O4.Na/c1-3-5-7-9-11-13-18-23(24(26)27)28-21-16-14-15-20(19-21)22(25)17-12-10-8-6-4-2;/h14-16,19,23H,3-13,17-18H2,1-2H3,(H,26,27);/q;+1/p-1. The van der Waals surface area contributed by atoms with E-state index in [0.29, 0.717) is 24.2 Å². The third-order valence-electron chi connectivity index (χ3n) is 5.02.